The van der Waals surface area contributed by atoms with Crippen molar-refractivity contribution in [1.82, 2.24) is 19.8 Å². The molecule has 0 fully saturated rings. The summed E-state index contributed by atoms with van der Waals surface area (Å²) in [5, 5.41) is 8.24. The van der Waals surface area contributed by atoms with Gasteiger partial charge in [-0.3, -0.25) is 9.59 Å². The summed E-state index contributed by atoms with van der Waals surface area (Å²) in [4.78, 5) is 27.7. The highest BCUT2D eigenvalue weighted by Gasteiger charge is 2.38. The topological polar surface area (TPSA) is 75.2 Å². The molecule has 2 rings (SSSR count). The lowest BCUT2D eigenvalue weighted by molar-refractivity contribution is -0.128. The van der Waals surface area contributed by atoms with Crippen molar-refractivity contribution < 1.29 is 14.0 Å². The first-order valence-electron chi connectivity index (χ1n) is 8.82. The molecule has 2 unspecified atom stereocenters. The summed E-state index contributed by atoms with van der Waals surface area (Å²) >= 11 is 1.05. The van der Waals surface area contributed by atoms with Crippen molar-refractivity contribution >= 4 is 23.3 Å². The molecule has 0 saturated heterocycles. The van der Waals surface area contributed by atoms with Crippen LogP contribution in [0.25, 0.3) is 0 Å². The molecule has 1 aromatic carbocycles. The predicted molar refractivity (Wildman–Crippen MR) is 103 cm³/mol. The van der Waals surface area contributed by atoms with Gasteiger partial charge in [0.1, 0.15) is 11.9 Å². The standard InChI is InChI=1S/C19H25FN4O2S/c1-6-12(2)24(18(26)15-11-27-23-22-15)16(17(25)21-19(3,4)5)13-9-7-8-10-14(13)20/h7-12,16H,6H2,1-5H3,(H,21,25). The average molecular weight is 393 g/mol. The van der Waals surface area contributed by atoms with E-state index >= 15 is 0 Å². The Bertz CT molecular complexity index is 789. The molecule has 2 atom stereocenters. The minimum Gasteiger partial charge on any atom is -0.349 e. The third-order valence-electron chi connectivity index (χ3n) is 4.10. The maximum atomic E-state index is 14.6. The molecule has 1 aromatic heterocycles. The monoisotopic (exact) mass is 392 g/mol. The highest BCUT2D eigenvalue weighted by Crippen LogP contribution is 2.29. The van der Waals surface area contributed by atoms with Gasteiger partial charge in [-0.2, -0.15) is 0 Å². The number of benzene rings is 1. The van der Waals surface area contributed by atoms with Crippen molar-refractivity contribution in [2.75, 3.05) is 0 Å². The number of hydrogen-bond acceptors (Lipinski definition) is 5. The summed E-state index contributed by atoms with van der Waals surface area (Å²) < 4.78 is 18.4. The maximum Gasteiger partial charge on any atom is 0.276 e. The number of carbonyl (C=O) groups is 2. The van der Waals surface area contributed by atoms with Crippen LogP contribution < -0.4 is 5.32 Å². The first kappa shape index (κ1) is 21.0. The number of rotatable bonds is 6. The normalized spacial score (nSPS) is 13.7. The number of amides is 2. The van der Waals surface area contributed by atoms with Crippen LogP contribution in [0.2, 0.25) is 0 Å². The largest absolute Gasteiger partial charge is 0.349 e. The van der Waals surface area contributed by atoms with Gasteiger partial charge in [-0.15, -0.1) is 5.10 Å². The van der Waals surface area contributed by atoms with E-state index in [0.29, 0.717) is 6.42 Å². The van der Waals surface area contributed by atoms with E-state index < -0.39 is 29.2 Å². The number of nitrogens with one attached hydrogen (secondary N) is 1. The van der Waals surface area contributed by atoms with Crippen molar-refractivity contribution in [2.24, 2.45) is 0 Å². The Balaban J connectivity index is 2.58. The van der Waals surface area contributed by atoms with Gasteiger partial charge in [0, 0.05) is 22.5 Å². The van der Waals surface area contributed by atoms with Crippen LogP contribution in [0, 0.1) is 5.82 Å². The molecule has 2 amide bonds. The van der Waals surface area contributed by atoms with Crippen molar-refractivity contribution in [3.63, 3.8) is 0 Å². The molecule has 6 nitrogen and oxygen atoms in total. The Kier molecular flexibility index (Phi) is 6.64. The Morgan fingerprint density at radius 3 is 2.48 bits per heavy atom. The van der Waals surface area contributed by atoms with Crippen LogP contribution in [0.4, 0.5) is 4.39 Å². The van der Waals surface area contributed by atoms with Crippen LogP contribution >= 0.6 is 11.5 Å². The van der Waals surface area contributed by atoms with Gasteiger partial charge < -0.3 is 10.2 Å². The fraction of sp³-hybridized carbons (Fsp3) is 0.474. The van der Waals surface area contributed by atoms with Gasteiger partial charge >= 0.3 is 0 Å². The lowest BCUT2D eigenvalue weighted by Gasteiger charge is -2.37. The molecule has 1 N–H and O–H groups in total. The van der Waals surface area contributed by atoms with Crippen LogP contribution in [0.15, 0.2) is 29.6 Å². The van der Waals surface area contributed by atoms with Gasteiger partial charge in [-0.1, -0.05) is 29.6 Å². The number of aromatic nitrogens is 2. The Labute approximate surface area is 162 Å². The molecule has 0 radical (unpaired) electrons. The molecule has 2 aromatic rings. The zero-order chi connectivity index (χ0) is 20.2. The Morgan fingerprint density at radius 2 is 1.96 bits per heavy atom. The van der Waals surface area contributed by atoms with E-state index in [1.807, 2.05) is 34.6 Å². The fourth-order valence-electron chi connectivity index (χ4n) is 2.71. The molecule has 27 heavy (non-hydrogen) atoms. The van der Waals surface area contributed by atoms with E-state index in [1.165, 1.54) is 22.4 Å². The molecule has 0 saturated carbocycles. The van der Waals surface area contributed by atoms with Gasteiger partial charge in [0.15, 0.2) is 5.69 Å². The summed E-state index contributed by atoms with van der Waals surface area (Å²) in [6.45, 7) is 9.25. The predicted octanol–water partition coefficient (Wildman–Crippen LogP) is 3.57. The SMILES string of the molecule is CCC(C)N(C(=O)c1csnn1)C(C(=O)NC(C)(C)C)c1ccccc1F. The number of carbonyl (C=O) groups excluding carboxylic acids is 2. The molecular weight excluding hydrogens is 367 g/mol. The van der Waals surface area contributed by atoms with Crippen LogP contribution in [0.5, 0.6) is 0 Å². The highest BCUT2D eigenvalue weighted by molar-refractivity contribution is 7.03. The molecule has 0 bridgehead atoms. The van der Waals surface area contributed by atoms with Gasteiger partial charge in [0.2, 0.25) is 5.91 Å². The number of nitrogens with zero attached hydrogens (tertiary/aromatic N) is 3. The molecule has 0 aliphatic rings. The van der Waals surface area contributed by atoms with Crippen molar-refractivity contribution in [2.45, 2.75) is 58.7 Å². The molecule has 0 aliphatic heterocycles. The van der Waals surface area contributed by atoms with Crippen LogP contribution in [0.3, 0.4) is 0 Å². The van der Waals surface area contributed by atoms with E-state index in [0.717, 1.165) is 11.5 Å². The molecule has 146 valence electrons. The Morgan fingerprint density at radius 1 is 1.30 bits per heavy atom. The van der Waals surface area contributed by atoms with Crippen LogP contribution in [0.1, 0.15) is 63.1 Å². The summed E-state index contributed by atoms with van der Waals surface area (Å²) in [5.74, 6) is -1.43. The summed E-state index contributed by atoms with van der Waals surface area (Å²) in [5.41, 5.74) is -0.242. The minimum absolute atomic E-state index is 0.144. The number of halogens is 1. The second-order valence-electron chi connectivity index (χ2n) is 7.42. The fourth-order valence-corrected chi connectivity index (χ4v) is 3.14. The number of hydrogen-bond donors (Lipinski definition) is 1. The van der Waals surface area contributed by atoms with E-state index in [1.54, 1.807) is 12.1 Å². The average Bonchev–Trinajstić information content (AvgIpc) is 3.12. The van der Waals surface area contributed by atoms with Gasteiger partial charge in [-0.25, -0.2) is 4.39 Å². The summed E-state index contributed by atoms with van der Waals surface area (Å²) in [6, 6.07) is 4.60. The van der Waals surface area contributed by atoms with Crippen molar-refractivity contribution in [1.29, 1.82) is 0 Å². The smallest absolute Gasteiger partial charge is 0.276 e. The van der Waals surface area contributed by atoms with Crippen LogP contribution in [-0.4, -0.2) is 37.9 Å². The zero-order valence-corrected chi connectivity index (χ0v) is 17.0. The van der Waals surface area contributed by atoms with Gasteiger partial charge in [0.25, 0.3) is 5.91 Å². The Hall–Kier alpha value is -2.35. The first-order valence-corrected chi connectivity index (χ1v) is 9.65. The quantitative estimate of drug-likeness (QED) is 0.815. The second kappa shape index (κ2) is 8.56. The lowest BCUT2D eigenvalue weighted by Crippen LogP contribution is -2.51. The summed E-state index contributed by atoms with van der Waals surface area (Å²) in [6.07, 6.45) is 0.594. The van der Waals surface area contributed by atoms with Gasteiger partial charge in [-0.05, 0) is 51.7 Å². The third-order valence-corrected chi connectivity index (χ3v) is 4.61. The van der Waals surface area contributed by atoms with Crippen LogP contribution in [-0.2, 0) is 4.79 Å². The zero-order valence-electron chi connectivity index (χ0n) is 16.2. The van der Waals surface area contributed by atoms with E-state index in [-0.39, 0.29) is 17.3 Å². The second-order valence-corrected chi connectivity index (χ2v) is 8.03. The van der Waals surface area contributed by atoms with Crippen molar-refractivity contribution in [3.8, 4) is 0 Å². The molecule has 0 spiro atoms. The third kappa shape index (κ3) is 5.09. The highest BCUT2D eigenvalue weighted by atomic mass is 32.1. The van der Waals surface area contributed by atoms with Gasteiger partial charge in [0.05, 0.1) is 0 Å². The first-order chi connectivity index (χ1) is 12.7. The minimum atomic E-state index is -1.12. The molecule has 0 aliphatic carbocycles. The van der Waals surface area contributed by atoms with E-state index in [4.69, 9.17) is 0 Å². The molecule has 8 heteroatoms. The van der Waals surface area contributed by atoms with E-state index in [2.05, 4.69) is 14.9 Å². The van der Waals surface area contributed by atoms with Crippen molar-refractivity contribution in [3.05, 3.63) is 46.7 Å². The lowest BCUT2D eigenvalue weighted by atomic mass is 9.98. The maximum absolute atomic E-state index is 14.6. The molecule has 1 heterocycles. The summed E-state index contributed by atoms with van der Waals surface area (Å²) in [7, 11) is 0. The molecular formula is C19H25FN4O2S. The van der Waals surface area contributed by atoms with E-state index in [9.17, 15) is 14.0 Å².